The highest BCUT2D eigenvalue weighted by atomic mass is 15.3. The zero-order valence-electron chi connectivity index (χ0n) is 13.2. The number of hydrogen-bond donors (Lipinski definition) is 1. The third-order valence-electron chi connectivity index (χ3n) is 4.80. The van der Waals surface area contributed by atoms with Crippen molar-refractivity contribution in [1.82, 2.24) is 15.2 Å². The molecule has 0 aliphatic carbocycles. The van der Waals surface area contributed by atoms with Crippen LogP contribution in [0, 0.1) is 0 Å². The topological polar surface area (TPSA) is 31.4 Å². The molecule has 2 saturated heterocycles. The van der Waals surface area contributed by atoms with E-state index in [0.29, 0.717) is 0 Å². The summed E-state index contributed by atoms with van der Waals surface area (Å²) >= 11 is 0. The van der Waals surface area contributed by atoms with Gasteiger partial charge in [0.05, 0.1) is 0 Å². The highest BCUT2D eigenvalue weighted by Crippen LogP contribution is 2.26. The number of hydrogen-bond acceptors (Lipinski definition) is 4. The molecule has 2 aliphatic rings. The van der Waals surface area contributed by atoms with E-state index < -0.39 is 0 Å². The zero-order valence-corrected chi connectivity index (χ0v) is 13.2. The largest absolute Gasteiger partial charge is 0.355 e. The number of aromatic nitrogens is 1. The number of nitrogens with one attached hydrogen (secondary N) is 1. The van der Waals surface area contributed by atoms with Gasteiger partial charge in [0.15, 0.2) is 0 Å². The summed E-state index contributed by atoms with van der Waals surface area (Å²) in [5.41, 5.74) is 1.33. The average molecular weight is 288 g/mol. The Morgan fingerprint density at radius 1 is 1.24 bits per heavy atom. The van der Waals surface area contributed by atoms with Gasteiger partial charge in [0.1, 0.15) is 5.82 Å². The number of nitrogens with zero attached hydrogens (tertiary/aromatic N) is 3. The predicted octanol–water partition coefficient (Wildman–Crippen LogP) is 2.26. The fraction of sp³-hybridized carbons (Fsp3) is 0.706. The first kappa shape index (κ1) is 14.8. The minimum absolute atomic E-state index is 0.735. The molecule has 0 bridgehead atoms. The molecule has 0 radical (unpaired) electrons. The van der Waals surface area contributed by atoms with Gasteiger partial charge in [-0.2, -0.15) is 0 Å². The summed E-state index contributed by atoms with van der Waals surface area (Å²) in [7, 11) is 0. The van der Waals surface area contributed by atoms with Gasteiger partial charge < -0.3 is 10.2 Å². The van der Waals surface area contributed by atoms with Gasteiger partial charge in [-0.15, -0.1) is 0 Å². The number of pyridine rings is 1. The van der Waals surface area contributed by atoms with Crippen molar-refractivity contribution in [3.05, 3.63) is 23.9 Å². The molecule has 1 unspecified atom stereocenters. The van der Waals surface area contributed by atoms with Crippen molar-refractivity contribution in [1.29, 1.82) is 0 Å². The molecule has 2 aliphatic heterocycles. The summed E-state index contributed by atoms with van der Waals surface area (Å²) in [4.78, 5) is 9.86. The standard InChI is InChI=1S/C17H28N4/c1-2-18-13-15-7-6-9-19-17(15)21-12-8-16(14-21)20-10-4-3-5-11-20/h6-7,9,16,18H,2-5,8,10-14H2,1H3. The summed E-state index contributed by atoms with van der Waals surface area (Å²) in [5, 5.41) is 3.43. The molecule has 0 aromatic carbocycles. The Labute approximate surface area is 128 Å². The van der Waals surface area contributed by atoms with Crippen molar-refractivity contribution >= 4 is 5.82 Å². The first-order valence-corrected chi connectivity index (χ1v) is 8.52. The Morgan fingerprint density at radius 2 is 2.10 bits per heavy atom. The van der Waals surface area contributed by atoms with Crippen LogP contribution in [0.1, 0.15) is 38.2 Å². The van der Waals surface area contributed by atoms with Gasteiger partial charge in [-0.25, -0.2) is 4.98 Å². The first-order chi connectivity index (χ1) is 10.4. The maximum atomic E-state index is 4.66. The Hall–Kier alpha value is -1.13. The maximum Gasteiger partial charge on any atom is 0.133 e. The van der Waals surface area contributed by atoms with E-state index in [9.17, 15) is 0 Å². The first-order valence-electron chi connectivity index (χ1n) is 8.52. The summed E-state index contributed by atoms with van der Waals surface area (Å²) in [6.07, 6.45) is 7.40. The second-order valence-corrected chi connectivity index (χ2v) is 6.25. The predicted molar refractivity (Wildman–Crippen MR) is 87.7 cm³/mol. The van der Waals surface area contributed by atoms with Crippen LogP contribution in [0.25, 0.3) is 0 Å². The Morgan fingerprint density at radius 3 is 2.90 bits per heavy atom. The molecule has 1 atom stereocenters. The molecule has 1 aromatic rings. The molecule has 116 valence electrons. The molecule has 2 fully saturated rings. The van der Waals surface area contributed by atoms with E-state index in [1.165, 1.54) is 50.2 Å². The lowest BCUT2D eigenvalue weighted by molar-refractivity contribution is 0.174. The van der Waals surface area contributed by atoms with Crippen LogP contribution in [-0.2, 0) is 6.54 Å². The van der Waals surface area contributed by atoms with Crippen LogP contribution in [0.4, 0.5) is 5.82 Å². The van der Waals surface area contributed by atoms with E-state index in [0.717, 1.165) is 32.2 Å². The third kappa shape index (κ3) is 3.55. The van der Waals surface area contributed by atoms with Gasteiger partial charge in [-0.05, 0) is 45.0 Å². The second kappa shape index (κ2) is 7.23. The smallest absolute Gasteiger partial charge is 0.133 e. The fourth-order valence-electron chi connectivity index (χ4n) is 3.63. The zero-order chi connectivity index (χ0) is 14.5. The molecule has 1 aromatic heterocycles. The van der Waals surface area contributed by atoms with Crippen LogP contribution in [0.5, 0.6) is 0 Å². The van der Waals surface area contributed by atoms with Crippen molar-refractivity contribution in [2.24, 2.45) is 0 Å². The summed E-state index contributed by atoms with van der Waals surface area (Å²) < 4.78 is 0. The SMILES string of the molecule is CCNCc1cccnc1N1CCC(N2CCCCC2)C1. The third-order valence-corrected chi connectivity index (χ3v) is 4.80. The van der Waals surface area contributed by atoms with Gasteiger partial charge in [0, 0.05) is 37.4 Å². The fourth-order valence-corrected chi connectivity index (χ4v) is 3.63. The highest BCUT2D eigenvalue weighted by molar-refractivity contribution is 5.48. The second-order valence-electron chi connectivity index (χ2n) is 6.25. The molecule has 4 nitrogen and oxygen atoms in total. The Kier molecular flexibility index (Phi) is 5.09. The highest BCUT2D eigenvalue weighted by Gasteiger charge is 2.29. The maximum absolute atomic E-state index is 4.66. The Bertz CT molecular complexity index is 442. The molecular weight excluding hydrogens is 260 g/mol. The number of anilines is 1. The molecule has 0 spiro atoms. The van der Waals surface area contributed by atoms with E-state index in [-0.39, 0.29) is 0 Å². The molecule has 1 N–H and O–H groups in total. The molecule has 0 saturated carbocycles. The average Bonchev–Trinajstić information content (AvgIpc) is 3.04. The van der Waals surface area contributed by atoms with E-state index in [2.05, 4.69) is 33.1 Å². The summed E-state index contributed by atoms with van der Waals surface area (Å²) in [5.74, 6) is 1.19. The molecule has 4 heteroatoms. The molecule has 0 amide bonds. The lowest BCUT2D eigenvalue weighted by Crippen LogP contribution is -2.41. The minimum atomic E-state index is 0.735. The van der Waals surface area contributed by atoms with Gasteiger partial charge in [0.25, 0.3) is 0 Å². The van der Waals surface area contributed by atoms with Crippen LogP contribution in [0.15, 0.2) is 18.3 Å². The van der Waals surface area contributed by atoms with E-state index in [1.807, 2.05) is 12.3 Å². The van der Waals surface area contributed by atoms with Gasteiger partial charge in [0.2, 0.25) is 0 Å². The van der Waals surface area contributed by atoms with Crippen LogP contribution >= 0.6 is 0 Å². The quantitative estimate of drug-likeness (QED) is 0.900. The van der Waals surface area contributed by atoms with Crippen LogP contribution in [0.3, 0.4) is 0 Å². The van der Waals surface area contributed by atoms with Gasteiger partial charge in [-0.3, -0.25) is 4.90 Å². The van der Waals surface area contributed by atoms with Crippen molar-refractivity contribution in [2.45, 2.75) is 45.2 Å². The lowest BCUT2D eigenvalue weighted by atomic mass is 10.1. The van der Waals surface area contributed by atoms with Crippen LogP contribution < -0.4 is 10.2 Å². The van der Waals surface area contributed by atoms with Gasteiger partial charge >= 0.3 is 0 Å². The van der Waals surface area contributed by atoms with Crippen molar-refractivity contribution in [3.8, 4) is 0 Å². The van der Waals surface area contributed by atoms with Crippen LogP contribution in [-0.4, -0.2) is 48.6 Å². The van der Waals surface area contributed by atoms with Crippen molar-refractivity contribution in [3.63, 3.8) is 0 Å². The molecular formula is C17H28N4. The van der Waals surface area contributed by atoms with Crippen molar-refractivity contribution < 1.29 is 0 Å². The van der Waals surface area contributed by atoms with Crippen LogP contribution in [0.2, 0.25) is 0 Å². The lowest BCUT2D eigenvalue weighted by Gasteiger charge is -2.32. The number of likely N-dealkylation sites (tertiary alicyclic amines) is 1. The minimum Gasteiger partial charge on any atom is -0.355 e. The van der Waals surface area contributed by atoms with Gasteiger partial charge in [-0.1, -0.05) is 19.4 Å². The Balaban J connectivity index is 1.65. The van der Waals surface area contributed by atoms with Crippen molar-refractivity contribution in [2.75, 3.05) is 37.6 Å². The summed E-state index contributed by atoms with van der Waals surface area (Å²) in [6.45, 7) is 8.97. The van der Waals surface area contributed by atoms with E-state index in [1.54, 1.807) is 0 Å². The molecule has 3 rings (SSSR count). The monoisotopic (exact) mass is 288 g/mol. The number of piperidine rings is 1. The van der Waals surface area contributed by atoms with E-state index >= 15 is 0 Å². The van der Waals surface area contributed by atoms with E-state index in [4.69, 9.17) is 0 Å². The molecule has 3 heterocycles. The normalized spacial score (nSPS) is 23.7. The summed E-state index contributed by atoms with van der Waals surface area (Å²) in [6, 6.07) is 4.99. The number of rotatable bonds is 5. The molecule has 21 heavy (non-hydrogen) atoms.